The van der Waals surface area contributed by atoms with E-state index in [4.69, 9.17) is 10.7 Å². The van der Waals surface area contributed by atoms with Gasteiger partial charge < -0.3 is 16.0 Å². The zero-order valence-corrected chi connectivity index (χ0v) is 20.6. The molecule has 0 bridgehead atoms. The second-order valence-corrected chi connectivity index (χ2v) is 9.43. The van der Waals surface area contributed by atoms with Gasteiger partial charge in [0.15, 0.2) is 0 Å². The molecule has 0 saturated carbocycles. The van der Waals surface area contributed by atoms with Gasteiger partial charge in [0.25, 0.3) is 5.91 Å². The number of H-pyrrole nitrogens is 1. The van der Waals surface area contributed by atoms with Crippen molar-refractivity contribution < 1.29 is 9.18 Å². The number of benzene rings is 3. The fourth-order valence-corrected chi connectivity index (χ4v) is 4.74. The summed E-state index contributed by atoms with van der Waals surface area (Å²) in [5.74, 6) is 0.0499. The average Bonchev–Trinajstić information content (AvgIpc) is 3.38. The van der Waals surface area contributed by atoms with Gasteiger partial charge in [-0.25, -0.2) is 9.37 Å². The van der Waals surface area contributed by atoms with Crippen molar-refractivity contribution in [3.63, 3.8) is 0 Å². The monoisotopic (exact) mass is 507 g/mol. The molecule has 0 aliphatic carbocycles. The molecule has 4 N–H and O–H groups in total. The molecule has 0 atom stereocenters. The summed E-state index contributed by atoms with van der Waals surface area (Å²) >= 11 is 0. The second kappa shape index (κ2) is 10.0. The number of carbonyl (C=O) groups excluding carboxylic acids is 1. The van der Waals surface area contributed by atoms with Crippen molar-refractivity contribution >= 4 is 28.3 Å². The van der Waals surface area contributed by atoms with Crippen molar-refractivity contribution in [1.29, 1.82) is 0 Å². The lowest BCUT2D eigenvalue weighted by Crippen LogP contribution is -2.40. The maximum atomic E-state index is 15.0. The van der Waals surface area contributed by atoms with Gasteiger partial charge in [-0.1, -0.05) is 24.3 Å². The zero-order chi connectivity index (χ0) is 26.1. The van der Waals surface area contributed by atoms with Crippen LogP contribution in [0.5, 0.6) is 0 Å². The first-order chi connectivity index (χ1) is 18.5. The fraction of sp³-hybridized carbons (Fsp3) is 0.172. The van der Waals surface area contributed by atoms with Crippen LogP contribution < -0.4 is 16.0 Å². The summed E-state index contributed by atoms with van der Waals surface area (Å²) in [6.07, 6.45) is 5.25. The van der Waals surface area contributed by atoms with E-state index in [9.17, 15) is 9.18 Å². The first-order valence-corrected chi connectivity index (χ1v) is 12.5. The van der Waals surface area contributed by atoms with Crippen LogP contribution in [0.1, 0.15) is 23.2 Å². The molecule has 190 valence electrons. The molecule has 1 fully saturated rings. The Morgan fingerprint density at radius 3 is 2.66 bits per heavy atom. The highest BCUT2D eigenvalue weighted by molar-refractivity contribution is 6.05. The number of nitrogens with one attached hydrogen (secondary N) is 2. The van der Waals surface area contributed by atoms with E-state index in [1.165, 1.54) is 12.1 Å². The van der Waals surface area contributed by atoms with Crippen LogP contribution in [0.3, 0.4) is 0 Å². The maximum absolute atomic E-state index is 15.0. The molecule has 38 heavy (non-hydrogen) atoms. The number of rotatable bonds is 5. The molecule has 1 saturated heterocycles. The summed E-state index contributed by atoms with van der Waals surface area (Å²) in [7, 11) is 0. The second-order valence-electron chi connectivity index (χ2n) is 9.43. The van der Waals surface area contributed by atoms with E-state index < -0.39 is 5.82 Å². The number of hydrogen-bond acceptors (Lipinski definition) is 6. The topological polar surface area (TPSA) is 113 Å². The summed E-state index contributed by atoms with van der Waals surface area (Å²) in [6.45, 7) is 1.66. The SMILES string of the molecule is NC1CCN(c2cncc(-c3n[nH]c4ccc(-c5cc(C(=O)Nc6ccccc6)ccc5F)cc34)n2)CC1. The fourth-order valence-electron chi connectivity index (χ4n) is 4.74. The van der Waals surface area contributed by atoms with E-state index in [1.807, 2.05) is 30.3 Å². The van der Waals surface area contributed by atoms with Gasteiger partial charge in [-0.2, -0.15) is 5.10 Å². The first-order valence-electron chi connectivity index (χ1n) is 12.5. The smallest absolute Gasteiger partial charge is 0.255 e. The molecular formula is C29H26FN7O. The number of aromatic amines is 1. The maximum Gasteiger partial charge on any atom is 0.255 e. The molecule has 6 rings (SSSR count). The summed E-state index contributed by atoms with van der Waals surface area (Å²) < 4.78 is 15.0. The normalized spacial score (nSPS) is 14.1. The Morgan fingerprint density at radius 2 is 1.84 bits per heavy atom. The number of halogens is 1. The molecule has 0 unspecified atom stereocenters. The highest BCUT2D eigenvalue weighted by atomic mass is 19.1. The number of carbonyl (C=O) groups is 1. The summed E-state index contributed by atoms with van der Waals surface area (Å²) in [4.78, 5) is 24.2. The molecule has 1 aliphatic heterocycles. The van der Waals surface area contributed by atoms with Crippen molar-refractivity contribution in [3.8, 4) is 22.5 Å². The lowest BCUT2D eigenvalue weighted by Gasteiger charge is -2.30. The minimum atomic E-state index is -0.421. The van der Waals surface area contributed by atoms with Crippen molar-refractivity contribution in [2.75, 3.05) is 23.3 Å². The molecule has 1 amide bonds. The average molecular weight is 508 g/mol. The van der Waals surface area contributed by atoms with E-state index in [0.29, 0.717) is 33.8 Å². The van der Waals surface area contributed by atoms with Gasteiger partial charge in [-0.3, -0.25) is 14.9 Å². The Hall–Kier alpha value is -4.63. The highest BCUT2D eigenvalue weighted by Crippen LogP contribution is 2.32. The molecular weight excluding hydrogens is 481 g/mol. The third kappa shape index (κ3) is 4.71. The van der Waals surface area contributed by atoms with Gasteiger partial charge in [0.1, 0.15) is 23.0 Å². The van der Waals surface area contributed by atoms with E-state index >= 15 is 0 Å². The zero-order valence-electron chi connectivity index (χ0n) is 20.6. The van der Waals surface area contributed by atoms with Crippen LogP contribution in [0.2, 0.25) is 0 Å². The molecule has 3 aromatic carbocycles. The molecule has 2 aromatic heterocycles. The van der Waals surface area contributed by atoms with Crippen molar-refractivity contribution in [1.82, 2.24) is 20.2 Å². The highest BCUT2D eigenvalue weighted by Gasteiger charge is 2.20. The Bertz CT molecular complexity index is 1610. The lowest BCUT2D eigenvalue weighted by molar-refractivity contribution is 0.102. The van der Waals surface area contributed by atoms with Crippen LogP contribution in [0.15, 0.2) is 79.1 Å². The minimum Gasteiger partial charge on any atom is -0.355 e. The van der Waals surface area contributed by atoms with E-state index in [1.54, 1.807) is 36.7 Å². The molecule has 5 aromatic rings. The molecule has 0 spiro atoms. The van der Waals surface area contributed by atoms with E-state index in [2.05, 4.69) is 25.4 Å². The number of nitrogens with zero attached hydrogens (tertiary/aromatic N) is 4. The van der Waals surface area contributed by atoms with E-state index in [0.717, 1.165) is 42.7 Å². The van der Waals surface area contributed by atoms with Crippen LogP contribution in [0.25, 0.3) is 33.4 Å². The summed E-state index contributed by atoms with van der Waals surface area (Å²) in [6, 6.07) is 19.2. The predicted octanol–water partition coefficient (Wildman–Crippen LogP) is 5.01. The van der Waals surface area contributed by atoms with Gasteiger partial charge in [0.2, 0.25) is 0 Å². The summed E-state index contributed by atoms with van der Waals surface area (Å²) in [5.41, 5.74) is 10.1. The van der Waals surface area contributed by atoms with Gasteiger partial charge in [0, 0.05) is 41.3 Å². The number of aromatic nitrogens is 4. The van der Waals surface area contributed by atoms with Crippen LogP contribution in [-0.2, 0) is 0 Å². The quantitative estimate of drug-likeness (QED) is 0.308. The van der Waals surface area contributed by atoms with Crippen LogP contribution >= 0.6 is 0 Å². The third-order valence-electron chi connectivity index (χ3n) is 6.86. The first kappa shape index (κ1) is 23.7. The number of para-hydroxylation sites is 1. The Kier molecular flexibility index (Phi) is 6.27. The number of piperidine rings is 1. The number of amides is 1. The third-order valence-corrected chi connectivity index (χ3v) is 6.86. The molecule has 3 heterocycles. The molecule has 8 nitrogen and oxygen atoms in total. The predicted molar refractivity (Wildman–Crippen MR) is 146 cm³/mol. The number of fused-ring (bicyclic) bond motifs is 1. The van der Waals surface area contributed by atoms with Gasteiger partial charge in [-0.05, 0) is 60.9 Å². The standard InChI is InChI=1S/C29H26FN7O/c30-24-8-6-19(29(38)33-21-4-2-1-3-5-21)15-22(24)18-7-9-25-23(14-18)28(36-35-25)26-16-32-17-27(34-26)37-12-10-20(31)11-13-37/h1-9,14-17,20H,10-13,31H2,(H,33,38)(H,35,36). The van der Waals surface area contributed by atoms with Gasteiger partial charge >= 0.3 is 0 Å². The lowest BCUT2D eigenvalue weighted by atomic mass is 9.99. The molecule has 1 aliphatic rings. The van der Waals surface area contributed by atoms with Crippen LogP contribution in [0.4, 0.5) is 15.9 Å². The Labute approximate surface area is 218 Å². The van der Waals surface area contributed by atoms with Crippen molar-refractivity contribution in [2.45, 2.75) is 18.9 Å². The molecule has 9 heteroatoms. The van der Waals surface area contributed by atoms with Crippen LogP contribution in [0, 0.1) is 5.82 Å². The van der Waals surface area contributed by atoms with Gasteiger partial charge in [-0.15, -0.1) is 0 Å². The number of hydrogen-bond donors (Lipinski definition) is 3. The Morgan fingerprint density at radius 1 is 1.03 bits per heavy atom. The number of nitrogens with two attached hydrogens (primary N) is 1. The summed E-state index contributed by atoms with van der Waals surface area (Å²) in [5, 5.41) is 11.2. The molecule has 0 radical (unpaired) electrons. The minimum absolute atomic E-state index is 0.222. The Balaban J connectivity index is 1.33. The van der Waals surface area contributed by atoms with Gasteiger partial charge in [0.05, 0.1) is 17.9 Å². The largest absolute Gasteiger partial charge is 0.355 e. The van der Waals surface area contributed by atoms with E-state index in [-0.39, 0.29) is 11.9 Å². The van der Waals surface area contributed by atoms with Crippen molar-refractivity contribution in [3.05, 3.63) is 90.5 Å². The van der Waals surface area contributed by atoms with Crippen LogP contribution in [-0.4, -0.2) is 45.2 Å². The number of anilines is 2. The van der Waals surface area contributed by atoms with Crippen molar-refractivity contribution in [2.24, 2.45) is 5.73 Å².